The molecule has 3 fully saturated rings. The Hall–Kier alpha value is -1.84. The van der Waals surface area contributed by atoms with Gasteiger partial charge in [0, 0.05) is 12.5 Å². The Bertz CT molecular complexity index is 647. The molecule has 2 heterocycles. The molecule has 2 saturated heterocycles. The van der Waals surface area contributed by atoms with Gasteiger partial charge in [-0.15, -0.1) is 0 Å². The molecule has 5 rings (SSSR count). The van der Waals surface area contributed by atoms with Crippen LogP contribution in [0.15, 0.2) is 24.3 Å². The van der Waals surface area contributed by atoms with Crippen molar-refractivity contribution < 1.29 is 9.59 Å². The number of aryl methyl sites for hydroxylation is 1. The number of hydrogen-bond donors (Lipinski definition) is 0. The Kier molecular flexibility index (Phi) is 2.50. The van der Waals surface area contributed by atoms with Crippen molar-refractivity contribution in [1.82, 2.24) is 9.80 Å². The highest BCUT2D eigenvalue weighted by Gasteiger charge is 2.62. The van der Waals surface area contributed by atoms with Crippen LogP contribution in [-0.2, 0) is 11.2 Å². The number of imide groups is 1. The lowest BCUT2D eigenvalue weighted by Gasteiger charge is -2.26. The van der Waals surface area contributed by atoms with Gasteiger partial charge in [-0.25, -0.2) is 4.79 Å². The normalized spacial score (nSPS) is 36.0. The van der Waals surface area contributed by atoms with Gasteiger partial charge < -0.3 is 4.90 Å². The Balaban J connectivity index is 1.47. The van der Waals surface area contributed by atoms with Gasteiger partial charge in [-0.3, -0.25) is 9.69 Å². The summed E-state index contributed by atoms with van der Waals surface area (Å²) in [5.41, 5.74) is 2.78. The van der Waals surface area contributed by atoms with E-state index in [9.17, 15) is 9.59 Å². The number of fused-ring (bicyclic) bond motifs is 4. The molecule has 4 heteroatoms. The van der Waals surface area contributed by atoms with Crippen molar-refractivity contribution in [3.05, 3.63) is 35.4 Å². The molecule has 1 aromatic carbocycles. The van der Waals surface area contributed by atoms with Crippen LogP contribution < -0.4 is 0 Å². The van der Waals surface area contributed by atoms with Crippen molar-refractivity contribution in [2.24, 2.45) is 5.92 Å². The van der Waals surface area contributed by atoms with Crippen LogP contribution in [0.4, 0.5) is 4.79 Å². The lowest BCUT2D eigenvalue weighted by molar-refractivity contribution is -0.129. The van der Waals surface area contributed by atoms with Gasteiger partial charge in [0.2, 0.25) is 0 Å². The lowest BCUT2D eigenvalue weighted by Crippen LogP contribution is -2.39. The molecule has 4 unspecified atom stereocenters. The molecule has 114 valence electrons. The largest absolute Gasteiger partial charge is 0.327 e. The van der Waals surface area contributed by atoms with Crippen LogP contribution in [-0.4, -0.2) is 40.4 Å². The number of hydrogen-bond acceptors (Lipinski definition) is 2. The third-order valence-electron chi connectivity index (χ3n) is 6.06. The predicted octanol–water partition coefficient (Wildman–Crippen LogP) is 2.53. The lowest BCUT2D eigenvalue weighted by atomic mass is 9.92. The topological polar surface area (TPSA) is 40.6 Å². The smallest absolute Gasteiger partial charge is 0.312 e. The third kappa shape index (κ3) is 1.53. The average Bonchev–Trinajstić information content (AvgIpc) is 3.23. The maximum atomic E-state index is 12.8. The molecule has 4 aliphatic rings. The Morgan fingerprint density at radius 1 is 1.05 bits per heavy atom. The standard InChI is InChI=1S/C18H20N2O2/c21-17-14-7-3-4-10-19(14)18(22)20(17)16-13-9-8-11-5-1-2-6-12(11)15(13)16/h1-2,5-6,13-16H,3-4,7-10H2. The zero-order valence-electron chi connectivity index (χ0n) is 12.6. The number of amides is 3. The van der Waals surface area contributed by atoms with Gasteiger partial charge in [0.25, 0.3) is 5.91 Å². The number of urea groups is 1. The summed E-state index contributed by atoms with van der Waals surface area (Å²) in [5.74, 6) is 0.949. The molecule has 0 radical (unpaired) electrons. The van der Waals surface area contributed by atoms with E-state index in [2.05, 4.69) is 24.3 Å². The van der Waals surface area contributed by atoms with E-state index in [-0.39, 0.29) is 24.0 Å². The summed E-state index contributed by atoms with van der Waals surface area (Å²) in [5, 5.41) is 0. The quantitative estimate of drug-likeness (QED) is 0.747. The highest BCUT2D eigenvalue weighted by atomic mass is 16.2. The molecule has 2 aliphatic heterocycles. The van der Waals surface area contributed by atoms with Crippen molar-refractivity contribution in [2.75, 3.05) is 6.54 Å². The van der Waals surface area contributed by atoms with Crippen LogP contribution in [0.2, 0.25) is 0 Å². The van der Waals surface area contributed by atoms with Gasteiger partial charge in [0.15, 0.2) is 0 Å². The predicted molar refractivity (Wildman–Crippen MR) is 81.4 cm³/mol. The molecule has 0 N–H and O–H groups in total. The van der Waals surface area contributed by atoms with Gasteiger partial charge in [0.1, 0.15) is 6.04 Å². The van der Waals surface area contributed by atoms with Crippen molar-refractivity contribution >= 4 is 11.9 Å². The van der Waals surface area contributed by atoms with Crippen LogP contribution in [0.25, 0.3) is 0 Å². The first-order valence-electron chi connectivity index (χ1n) is 8.49. The maximum Gasteiger partial charge on any atom is 0.327 e. The summed E-state index contributed by atoms with van der Waals surface area (Å²) < 4.78 is 0. The number of carbonyl (C=O) groups is 2. The monoisotopic (exact) mass is 296 g/mol. The second-order valence-corrected chi connectivity index (χ2v) is 7.11. The zero-order valence-corrected chi connectivity index (χ0v) is 12.6. The van der Waals surface area contributed by atoms with Crippen LogP contribution in [0, 0.1) is 5.92 Å². The second-order valence-electron chi connectivity index (χ2n) is 7.11. The Morgan fingerprint density at radius 2 is 1.91 bits per heavy atom. The molecular weight excluding hydrogens is 276 g/mol. The molecule has 1 saturated carbocycles. The molecule has 4 nitrogen and oxygen atoms in total. The first-order valence-corrected chi connectivity index (χ1v) is 8.49. The minimum Gasteiger partial charge on any atom is -0.312 e. The first kappa shape index (κ1) is 12.7. The fraction of sp³-hybridized carbons (Fsp3) is 0.556. The van der Waals surface area contributed by atoms with E-state index < -0.39 is 0 Å². The summed E-state index contributed by atoms with van der Waals surface area (Å²) in [6.07, 6.45) is 5.13. The van der Waals surface area contributed by atoms with Crippen LogP contribution >= 0.6 is 0 Å². The fourth-order valence-corrected chi connectivity index (χ4v) is 4.97. The minimum absolute atomic E-state index is 0.0217. The van der Waals surface area contributed by atoms with Gasteiger partial charge >= 0.3 is 6.03 Å². The third-order valence-corrected chi connectivity index (χ3v) is 6.06. The summed E-state index contributed by atoms with van der Waals surface area (Å²) in [6.45, 7) is 0.754. The zero-order chi connectivity index (χ0) is 14.8. The molecular formula is C18H20N2O2. The van der Waals surface area contributed by atoms with Crippen molar-refractivity contribution in [3.63, 3.8) is 0 Å². The Morgan fingerprint density at radius 3 is 2.77 bits per heavy atom. The van der Waals surface area contributed by atoms with Crippen molar-refractivity contribution in [2.45, 2.75) is 50.1 Å². The van der Waals surface area contributed by atoms with E-state index in [0.29, 0.717) is 11.8 Å². The van der Waals surface area contributed by atoms with Crippen molar-refractivity contribution in [3.8, 4) is 0 Å². The number of benzene rings is 1. The van der Waals surface area contributed by atoms with Gasteiger partial charge in [-0.2, -0.15) is 0 Å². The molecule has 1 aromatic rings. The molecule has 3 amide bonds. The van der Waals surface area contributed by atoms with Crippen LogP contribution in [0.1, 0.15) is 42.7 Å². The van der Waals surface area contributed by atoms with Crippen LogP contribution in [0.5, 0.6) is 0 Å². The summed E-state index contributed by atoms with van der Waals surface area (Å²) >= 11 is 0. The highest BCUT2D eigenvalue weighted by Crippen LogP contribution is 2.58. The summed E-state index contributed by atoms with van der Waals surface area (Å²) in [4.78, 5) is 28.9. The number of piperidine rings is 1. The van der Waals surface area contributed by atoms with Crippen molar-refractivity contribution in [1.29, 1.82) is 0 Å². The number of carbonyl (C=O) groups excluding carboxylic acids is 2. The van der Waals surface area contributed by atoms with Crippen LogP contribution in [0.3, 0.4) is 0 Å². The molecule has 2 aliphatic carbocycles. The Labute approximate surface area is 130 Å². The van der Waals surface area contributed by atoms with E-state index in [1.54, 1.807) is 4.90 Å². The van der Waals surface area contributed by atoms with E-state index in [1.807, 2.05) is 4.90 Å². The molecule has 4 atom stereocenters. The maximum absolute atomic E-state index is 12.8. The van der Waals surface area contributed by atoms with E-state index in [1.165, 1.54) is 11.1 Å². The second kappa shape index (κ2) is 4.34. The van der Waals surface area contributed by atoms with E-state index >= 15 is 0 Å². The number of nitrogens with zero attached hydrogens (tertiary/aromatic N) is 2. The number of rotatable bonds is 1. The molecule has 22 heavy (non-hydrogen) atoms. The molecule has 0 aromatic heterocycles. The first-order chi connectivity index (χ1) is 10.8. The van der Waals surface area contributed by atoms with Gasteiger partial charge in [-0.05, 0) is 49.1 Å². The molecule has 0 spiro atoms. The summed E-state index contributed by atoms with van der Waals surface area (Å²) in [7, 11) is 0. The van der Waals surface area contributed by atoms with E-state index in [0.717, 1.165) is 38.6 Å². The minimum atomic E-state index is -0.167. The average molecular weight is 296 g/mol. The van der Waals surface area contributed by atoms with Gasteiger partial charge in [0.05, 0.1) is 6.04 Å². The summed E-state index contributed by atoms with van der Waals surface area (Å²) in [6, 6.07) is 8.47. The fourth-order valence-electron chi connectivity index (χ4n) is 4.97. The van der Waals surface area contributed by atoms with Gasteiger partial charge in [-0.1, -0.05) is 24.3 Å². The highest BCUT2D eigenvalue weighted by molar-refractivity contribution is 6.05. The van der Waals surface area contributed by atoms with E-state index in [4.69, 9.17) is 0 Å². The SMILES string of the molecule is O=C1C2CCCCN2C(=O)N1C1C2CCc3ccccc3C21. The molecule has 0 bridgehead atoms.